The Morgan fingerprint density at radius 1 is 0.957 bits per heavy atom. The molecule has 23 heavy (non-hydrogen) atoms. The first kappa shape index (κ1) is 13.9. The van der Waals surface area contributed by atoms with Crippen LogP contribution in [0.5, 0.6) is 0 Å². The summed E-state index contributed by atoms with van der Waals surface area (Å²) in [6.45, 7) is 0. The van der Waals surface area contributed by atoms with E-state index in [4.69, 9.17) is 0 Å². The number of aromatic nitrogens is 1. The van der Waals surface area contributed by atoms with Gasteiger partial charge < -0.3 is 4.98 Å². The average molecular weight is 307 g/mol. The number of nitrogens with zero attached hydrogens (tertiary/aromatic N) is 1. The summed E-state index contributed by atoms with van der Waals surface area (Å²) in [5, 5.41) is 3.31. The van der Waals surface area contributed by atoms with Crippen LogP contribution >= 0.6 is 0 Å². The first-order valence-electron chi connectivity index (χ1n) is 7.97. The standard InChI is InChI=1S/C18H17N3O2/c22-17-15(13-10-19-14-9-5-4-8-12(13)14)16(18(23)21-17)20-11-6-2-1-3-7-11/h4-5,8-10,19H,1-3,6-7H2,(H,21,22,23). The van der Waals surface area contributed by atoms with Crippen molar-refractivity contribution in [2.24, 2.45) is 4.99 Å². The van der Waals surface area contributed by atoms with Crippen LogP contribution in [0.1, 0.15) is 37.7 Å². The van der Waals surface area contributed by atoms with Crippen molar-refractivity contribution in [3.8, 4) is 0 Å². The van der Waals surface area contributed by atoms with E-state index in [0.29, 0.717) is 5.57 Å². The second-order valence-corrected chi connectivity index (χ2v) is 5.99. The molecule has 2 aliphatic rings. The third-order valence-corrected chi connectivity index (χ3v) is 4.47. The van der Waals surface area contributed by atoms with Crippen LogP contribution in [-0.4, -0.2) is 22.5 Å². The lowest BCUT2D eigenvalue weighted by Crippen LogP contribution is -2.23. The van der Waals surface area contributed by atoms with Crippen LogP contribution in [0, 0.1) is 0 Å². The fraction of sp³-hybridized carbons (Fsp3) is 0.278. The first-order valence-corrected chi connectivity index (χ1v) is 7.97. The Labute approximate surface area is 133 Å². The lowest BCUT2D eigenvalue weighted by molar-refractivity contribution is -0.123. The molecule has 1 aliphatic heterocycles. The number of amides is 2. The van der Waals surface area contributed by atoms with Crippen molar-refractivity contribution in [3.05, 3.63) is 41.7 Å². The predicted molar refractivity (Wildman–Crippen MR) is 88.9 cm³/mol. The van der Waals surface area contributed by atoms with Crippen molar-refractivity contribution in [3.63, 3.8) is 0 Å². The molecule has 2 N–H and O–H groups in total. The number of carbonyl (C=O) groups excluding carboxylic acids is 2. The molecule has 1 aromatic heterocycles. The molecule has 1 saturated carbocycles. The molecule has 4 rings (SSSR count). The van der Waals surface area contributed by atoms with Gasteiger partial charge in [-0.3, -0.25) is 19.9 Å². The quantitative estimate of drug-likeness (QED) is 0.837. The maximum absolute atomic E-state index is 12.3. The molecule has 0 unspecified atom stereocenters. The molecule has 5 heteroatoms. The molecule has 0 bridgehead atoms. The Morgan fingerprint density at radius 2 is 1.74 bits per heavy atom. The molecule has 2 heterocycles. The zero-order chi connectivity index (χ0) is 15.8. The molecule has 5 nitrogen and oxygen atoms in total. The van der Waals surface area contributed by atoms with Gasteiger partial charge in [-0.1, -0.05) is 24.6 Å². The smallest absolute Gasteiger partial charge is 0.277 e. The molecule has 116 valence electrons. The Hall–Kier alpha value is -2.69. The van der Waals surface area contributed by atoms with Gasteiger partial charge in [-0.15, -0.1) is 0 Å². The van der Waals surface area contributed by atoms with Gasteiger partial charge in [0.15, 0.2) is 0 Å². The van der Waals surface area contributed by atoms with Gasteiger partial charge in [0, 0.05) is 28.4 Å². The summed E-state index contributed by atoms with van der Waals surface area (Å²) in [7, 11) is 0. The number of nitrogens with one attached hydrogen (secondary N) is 2. The number of hydrogen-bond donors (Lipinski definition) is 2. The molecule has 1 aromatic carbocycles. The van der Waals surface area contributed by atoms with Gasteiger partial charge in [0.1, 0.15) is 5.70 Å². The van der Waals surface area contributed by atoms with Crippen LogP contribution in [0.3, 0.4) is 0 Å². The normalized spacial score (nSPS) is 18.7. The number of para-hydroxylation sites is 1. The van der Waals surface area contributed by atoms with Crippen LogP contribution in [0.4, 0.5) is 0 Å². The lowest BCUT2D eigenvalue weighted by atomic mass is 9.98. The van der Waals surface area contributed by atoms with E-state index in [9.17, 15) is 9.59 Å². The molecule has 1 aliphatic carbocycles. The van der Waals surface area contributed by atoms with E-state index in [-0.39, 0.29) is 11.6 Å². The highest BCUT2D eigenvalue weighted by molar-refractivity contribution is 6.37. The van der Waals surface area contributed by atoms with Gasteiger partial charge >= 0.3 is 0 Å². The Morgan fingerprint density at radius 3 is 2.57 bits per heavy atom. The van der Waals surface area contributed by atoms with Gasteiger partial charge in [-0.25, -0.2) is 0 Å². The monoisotopic (exact) mass is 307 g/mol. The van der Waals surface area contributed by atoms with Crippen LogP contribution in [0.15, 0.2) is 41.2 Å². The van der Waals surface area contributed by atoms with Gasteiger partial charge in [0.2, 0.25) is 0 Å². The summed E-state index contributed by atoms with van der Waals surface area (Å²) in [4.78, 5) is 32.2. The first-order chi connectivity index (χ1) is 11.2. The zero-order valence-electron chi connectivity index (χ0n) is 12.7. The highest BCUT2D eigenvalue weighted by Gasteiger charge is 2.33. The van der Waals surface area contributed by atoms with Gasteiger partial charge in [0.05, 0.1) is 5.57 Å². The van der Waals surface area contributed by atoms with Gasteiger partial charge in [-0.2, -0.15) is 0 Å². The lowest BCUT2D eigenvalue weighted by Gasteiger charge is -2.12. The number of H-pyrrole nitrogens is 1. The van der Waals surface area contributed by atoms with Crippen molar-refractivity contribution < 1.29 is 9.59 Å². The van der Waals surface area contributed by atoms with Crippen molar-refractivity contribution in [2.45, 2.75) is 32.1 Å². The third kappa shape index (κ3) is 2.38. The Kier molecular flexibility index (Phi) is 3.33. The van der Waals surface area contributed by atoms with E-state index < -0.39 is 5.91 Å². The number of carbonyl (C=O) groups is 2. The highest BCUT2D eigenvalue weighted by atomic mass is 16.2. The van der Waals surface area contributed by atoms with E-state index in [1.807, 2.05) is 24.3 Å². The Bertz CT molecular complexity index is 865. The number of imide groups is 1. The molecule has 0 radical (unpaired) electrons. The summed E-state index contributed by atoms with van der Waals surface area (Å²) in [6, 6.07) is 7.73. The van der Waals surface area contributed by atoms with Crippen LogP contribution in [0.2, 0.25) is 0 Å². The molecule has 0 saturated heterocycles. The molecular formula is C18H17N3O2. The van der Waals surface area contributed by atoms with Crippen molar-refractivity contribution >= 4 is 34.0 Å². The van der Waals surface area contributed by atoms with Crippen LogP contribution in [-0.2, 0) is 9.59 Å². The number of aromatic amines is 1. The minimum absolute atomic E-state index is 0.261. The Balaban J connectivity index is 1.88. The number of fused-ring (bicyclic) bond motifs is 1. The fourth-order valence-corrected chi connectivity index (χ4v) is 3.31. The second-order valence-electron chi connectivity index (χ2n) is 5.99. The fourth-order valence-electron chi connectivity index (χ4n) is 3.31. The summed E-state index contributed by atoms with van der Waals surface area (Å²) in [5.41, 5.74) is 3.33. The zero-order valence-corrected chi connectivity index (χ0v) is 12.7. The molecule has 0 spiro atoms. The summed E-state index contributed by atoms with van der Waals surface area (Å²) >= 11 is 0. The minimum atomic E-state index is -0.395. The molecular weight excluding hydrogens is 290 g/mol. The van der Waals surface area contributed by atoms with Crippen molar-refractivity contribution in [1.82, 2.24) is 10.3 Å². The molecule has 2 aromatic rings. The van der Waals surface area contributed by atoms with E-state index in [1.54, 1.807) is 6.20 Å². The number of hydrogen-bond acceptors (Lipinski definition) is 3. The third-order valence-electron chi connectivity index (χ3n) is 4.47. The summed E-state index contributed by atoms with van der Waals surface area (Å²) in [6.07, 6.45) is 7.00. The minimum Gasteiger partial charge on any atom is -0.361 e. The van der Waals surface area contributed by atoms with Crippen LogP contribution < -0.4 is 5.32 Å². The maximum atomic E-state index is 12.3. The van der Waals surface area contributed by atoms with E-state index in [0.717, 1.165) is 47.9 Å². The van der Waals surface area contributed by atoms with E-state index in [2.05, 4.69) is 15.3 Å². The van der Waals surface area contributed by atoms with Gasteiger partial charge in [0.25, 0.3) is 11.8 Å². The molecule has 2 amide bonds. The van der Waals surface area contributed by atoms with Crippen molar-refractivity contribution in [2.75, 3.05) is 0 Å². The largest absolute Gasteiger partial charge is 0.361 e. The number of aliphatic imine (C=N–C) groups is 1. The maximum Gasteiger partial charge on any atom is 0.277 e. The van der Waals surface area contributed by atoms with E-state index >= 15 is 0 Å². The topological polar surface area (TPSA) is 74.3 Å². The summed E-state index contributed by atoms with van der Waals surface area (Å²) in [5.74, 6) is -0.761. The highest BCUT2D eigenvalue weighted by Crippen LogP contribution is 2.31. The number of benzene rings is 1. The average Bonchev–Trinajstić information content (AvgIpc) is 3.10. The van der Waals surface area contributed by atoms with Crippen LogP contribution in [0.25, 0.3) is 16.5 Å². The SMILES string of the molecule is O=C1NC(=O)C(c2c[nH]c3ccccc23)=C1N=C1CCCCC1. The second kappa shape index (κ2) is 5.50. The molecule has 1 fully saturated rings. The predicted octanol–water partition coefficient (Wildman–Crippen LogP) is 2.94. The van der Waals surface area contributed by atoms with Gasteiger partial charge in [-0.05, 0) is 31.7 Å². The number of rotatable bonds is 2. The van der Waals surface area contributed by atoms with Crippen molar-refractivity contribution in [1.29, 1.82) is 0 Å². The summed E-state index contributed by atoms with van der Waals surface area (Å²) < 4.78 is 0. The molecule has 0 atom stereocenters. The van der Waals surface area contributed by atoms with E-state index in [1.165, 1.54) is 6.42 Å².